The van der Waals surface area contributed by atoms with Gasteiger partial charge < -0.3 is 19.4 Å². The van der Waals surface area contributed by atoms with Gasteiger partial charge >= 0.3 is 12.0 Å². The van der Waals surface area contributed by atoms with Gasteiger partial charge in [0.25, 0.3) is 0 Å². The fourth-order valence-electron chi connectivity index (χ4n) is 1.88. The molecular weight excluding hydrogens is 236 g/mol. The molecule has 1 aliphatic rings. The van der Waals surface area contributed by atoms with E-state index in [1.54, 1.807) is 26.1 Å². The number of ether oxygens (including phenoxy) is 1. The van der Waals surface area contributed by atoms with E-state index in [4.69, 9.17) is 9.15 Å². The first-order chi connectivity index (χ1) is 8.56. The monoisotopic (exact) mass is 250 g/mol. The largest absolute Gasteiger partial charge is 0.467 e. The summed E-state index contributed by atoms with van der Waals surface area (Å²) < 4.78 is 10.0. The number of esters is 1. The summed E-state index contributed by atoms with van der Waals surface area (Å²) in [7, 11) is 2.89. The van der Waals surface area contributed by atoms with Gasteiger partial charge in [0.1, 0.15) is 11.8 Å². The second-order valence-electron chi connectivity index (χ2n) is 3.95. The molecule has 1 atom stereocenters. The van der Waals surface area contributed by atoms with Crippen LogP contribution < -0.4 is 5.32 Å². The molecule has 1 aromatic rings. The standard InChI is InChI=1S/C12H14N2O4/c1-7-9(11(15)17-3)10(8-5-4-6-18-8)13-12(16)14(7)2/h4-6,10H,1-3H3,(H,13,16). The van der Waals surface area contributed by atoms with Crippen molar-refractivity contribution in [3.05, 3.63) is 35.4 Å². The van der Waals surface area contributed by atoms with Crippen LogP contribution in [0.25, 0.3) is 0 Å². The van der Waals surface area contributed by atoms with Crippen molar-refractivity contribution in [3.8, 4) is 0 Å². The van der Waals surface area contributed by atoms with Crippen LogP contribution in [-0.2, 0) is 9.53 Å². The third kappa shape index (κ3) is 1.85. The third-order valence-electron chi connectivity index (χ3n) is 2.99. The smallest absolute Gasteiger partial charge is 0.338 e. The number of allylic oxidation sites excluding steroid dienone is 1. The van der Waals surface area contributed by atoms with Gasteiger partial charge in [-0.1, -0.05) is 0 Å². The highest BCUT2D eigenvalue weighted by atomic mass is 16.5. The average molecular weight is 250 g/mol. The lowest BCUT2D eigenvalue weighted by atomic mass is 10.0. The first-order valence-electron chi connectivity index (χ1n) is 5.43. The molecular formula is C12H14N2O4. The molecule has 2 amide bonds. The zero-order valence-corrected chi connectivity index (χ0v) is 10.4. The maximum atomic E-state index is 11.8. The Labute approximate surface area is 104 Å². The van der Waals surface area contributed by atoms with Gasteiger partial charge in [0, 0.05) is 12.7 Å². The first kappa shape index (κ1) is 12.2. The van der Waals surface area contributed by atoms with E-state index < -0.39 is 12.0 Å². The Morgan fingerprint density at radius 2 is 2.28 bits per heavy atom. The van der Waals surface area contributed by atoms with Crippen molar-refractivity contribution >= 4 is 12.0 Å². The van der Waals surface area contributed by atoms with Crippen LogP contribution >= 0.6 is 0 Å². The van der Waals surface area contributed by atoms with Gasteiger partial charge in [0.15, 0.2) is 0 Å². The van der Waals surface area contributed by atoms with E-state index >= 15 is 0 Å². The summed E-state index contributed by atoms with van der Waals surface area (Å²) in [6.07, 6.45) is 1.49. The van der Waals surface area contributed by atoms with Crippen molar-refractivity contribution < 1.29 is 18.7 Å². The number of methoxy groups -OCH3 is 1. The van der Waals surface area contributed by atoms with Crippen molar-refractivity contribution in [1.29, 1.82) is 0 Å². The summed E-state index contributed by atoms with van der Waals surface area (Å²) in [5.41, 5.74) is 0.918. The number of rotatable bonds is 2. The van der Waals surface area contributed by atoms with Gasteiger partial charge in [0.2, 0.25) is 0 Å². The van der Waals surface area contributed by atoms with Crippen molar-refractivity contribution in [3.63, 3.8) is 0 Å². The Morgan fingerprint density at radius 1 is 1.56 bits per heavy atom. The van der Waals surface area contributed by atoms with Crippen molar-refractivity contribution in [2.45, 2.75) is 13.0 Å². The highest BCUT2D eigenvalue weighted by molar-refractivity contribution is 5.94. The lowest BCUT2D eigenvalue weighted by Crippen LogP contribution is -2.46. The summed E-state index contributed by atoms with van der Waals surface area (Å²) in [6, 6.07) is 2.49. The van der Waals surface area contributed by atoms with Crippen LogP contribution in [0.5, 0.6) is 0 Å². The maximum Gasteiger partial charge on any atom is 0.338 e. The van der Waals surface area contributed by atoms with Crippen LogP contribution in [0, 0.1) is 0 Å². The Balaban J connectivity index is 2.50. The van der Waals surface area contributed by atoms with E-state index in [1.807, 2.05) is 0 Å². The van der Waals surface area contributed by atoms with E-state index in [9.17, 15) is 9.59 Å². The molecule has 1 aromatic heterocycles. The molecule has 2 rings (SSSR count). The van der Waals surface area contributed by atoms with Crippen LogP contribution in [0.15, 0.2) is 34.1 Å². The van der Waals surface area contributed by atoms with Gasteiger partial charge in [-0.3, -0.25) is 0 Å². The number of nitrogens with zero attached hydrogens (tertiary/aromatic N) is 1. The Morgan fingerprint density at radius 3 is 2.83 bits per heavy atom. The van der Waals surface area contributed by atoms with Gasteiger partial charge in [-0.05, 0) is 19.1 Å². The summed E-state index contributed by atoms with van der Waals surface area (Å²) >= 11 is 0. The van der Waals surface area contributed by atoms with E-state index in [0.29, 0.717) is 17.0 Å². The van der Waals surface area contributed by atoms with Gasteiger partial charge in [-0.2, -0.15) is 0 Å². The Hall–Kier alpha value is -2.24. The Bertz CT molecular complexity index is 504. The zero-order chi connectivity index (χ0) is 13.3. The number of amides is 2. The lowest BCUT2D eigenvalue weighted by Gasteiger charge is -2.31. The molecule has 0 saturated heterocycles. The molecule has 0 spiro atoms. The molecule has 0 fully saturated rings. The molecule has 96 valence electrons. The van der Waals surface area contributed by atoms with Gasteiger partial charge in [-0.25, -0.2) is 9.59 Å². The summed E-state index contributed by atoms with van der Waals surface area (Å²) in [4.78, 5) is 25.0. The molecule has 0 aliphatic carbocycles. The van der Waals surface area contributed by atoms with E-state index in [1.165, 1.54) is 18.3 Å². The number of hydrogen-bond acceptors (Lipinski definition) is 4. The van der Waals surface area contributed by atoms with Gasteiger partial charge in [0.05, 0.1) is 18.9 Å². The van der Waals surface area contributed by atoms with E-state index in [2.05, 4.69) is 5.32 Å². The Kier molecular flexibility index (Phi) is 3.10. The quantitative estimate of drug-likeness (QED) is 0.806. The number of carbonyl (C=O) groups is 2. The average Bonchev–Trinajstić information content (AvgIpc) is 2.88. The van der Waals surface area contributed by atoms with Crippen LogP contribution in [0.1, 0.15) is 18.7 Å². The minimum Gasteiger partial charge on any atom is -0.467 e. The van der Waals surface area contributed by atoms with Crippen LogP contribution in [0.4, 0.5) is 4.79 Å². The lowest BCUT2D eigenvalue weighted by molar-refractivity contribution is -0.136. The minimum absolute atomic E-state index is 0.290. The SMILES string of the molecule is COC(=O)C1=C(C)N(C)C(=O)NC1c1ccco1. The number of urea groups is 1. The number of nitrogens with one attached hydrogen (secondary N) is 1. The number of furan rings is 1. The molecule has 18 heavy (non-hydrogen) atoms. The summed E-state index contributed by atoms with van der Waals surface area (Å²) in [5, 5.41) is 2.70. The molecule has 0 aromatic carbocycles. The fourth-order valence-corrected chi connectivity index (χ4v) is 1.88. The predicted molar refractivity (Wildman–Crippen MR) is 62.5 cm³/mol. The fraction of sp³-hybridized carbons (Fsp3) is 0.333. The van der Waals surface area contributed by atoms with Crippen molar-refractivity contribution in [2.24, 2.45) is 0 Å². The van der Waals surface area contributed by atoms with Gasteiger partial charge in [-0.15, -0.1) is 0 Å². The van der Waals surface area contributed by atoms with Crippen molar-refractivity contribution in [1.82, 2.24) is 10.2 Å². The second-order valence-corrected chi connectivity index (χ2v) is 3.95. The van der Waals surface area contributed by atoms with E-state index in [0.717, 1.165) is 0 Å². The summed E-state index contributed by atoms with van der Waals surface area (Å²) in [6.45, 7) is 1.70. The van der Waals surface area contributed by atoms with E-state index in [-0.39, 0.29) is 6.03 Å². The number of hydrogen-bond donors (Lipinski definition) is 1. The molecule has 0 radical (unpaired) electrons. The topological polar surface area (TPSA) is 71.8 Å². The maximum absolute atomic E-state index is 11.8. The summed E-state index contributed by atoms with van der Waals surface area (Å²) in [5.74, 6) is 0.0111. The zero-order valence-electron chi connectivity index (χ0n) is 10.4. The third-order valence-corrected chi connectivity index (χ3v) is 2.99. The number of carbonyl (C=O) groups excluding carboxylic acids is 2. The van der Waals surface area contributed by atoms with Crippen LogP contribution in [-0.4, -0.2) is 31.1 Å². The molecule has 0 bridgehead atoms. The molecule has 1 N–H and O–H groups in total. The highest BCUT2D eigenvalue weighted by Gasteiger charge is 2.36. The van der Waals surface area contributed by atoms with Crippen molar-refractivity contribution in [2.75, 3.05) is 14.2 Å². The van der Waals surface area contributed by atoms with Crippen LogP contribution in [0.2, 0.25) is 0 Å². The minimum atomic E-state index is -0.615. The normalized spacial score (nSPS) is 19.8. The molecule has 6 nitrogen and oxygen atoms in total. The molecule has 6 heteroatoms. The highest BCUT2D eigenvalue weighted by Crippen LogP contribution is 2.30. The molecule has 2 heterocycles. The second kappa shape index (κ2) is 4.56. The molecule has 1 aliphatic heterocycles. The first-order valence-corrected chi connectivity index (χ1v) is 5.43. The predicted octanol–water partition coefficient (Wildman–Crippen LogP) is 1.42. The van der Waals surface area contributed by atoms with Crippen LogP contribution in [0.3, 0.4) is 0 Å². The molecule has 1 unspecified atom stereocenters. The molecule has 0 saturated carbocycles.